The topological polar surface area (TPSA) is 85.8 Å². The summed E-state index contributed by atoms with van der Waals surface area (Å²) in [5.41, 5.74) is 0.936. The molecule has 0 aliphatic rings. The van der Waals surface area contributed by atoms with Crippen molar-refractivity contribution in [2.24, 2.45) is 7.05 Å². The van der Waals surface area contributed by atoms with Gasteiger partial charge in [0.15, 0.2) is 5.69 Å². The Morgan fingerprint density at radius 2 is 2.15 bits per heavy atom. The first-order valence-electron chi connectivity index (χ1n) is 8.01. The average Bonchev–Trinajstić information content (AvgIpc) is 3.25. The molecule has 1 amide bonds. The first-order chi connectivity index (χ1) is 12.7. The minimum absolute atomic E-state index is 0.0913. The maximum absolute atomic E-state index is 12.5. The fourth-order valence-corrected chi connectivity index (χ4v) is 2.51. The molecule has 142 valence electrons. The van der Waals surface area contributed by atoms with E-state index in [9.17, 15) is 18.0 Å². The molecule has 0 aliphatic heterocycles. The summed E-state index contributed by atoms with van der Waals surface area (Å²) in [5, 5.41) is 10.4. The largest absolute Gasteiger partial charge is 0.468 e. The van der Waals surface area contributed by atoms with Crippen LogP contribution in [0.1, 0.15) is 40.6 Å². The smallest absolute Gasteiger partial charge is 0.441 e. The highest BCUT2D eigenvalue weighted by molar-refractivity contribution is 6.02. The zero-order valence-electron chi connectivity index (χ0n) is 14.5. The highest BCUT2D eigenvalue weighted by Crippen LogP contribution is 2.28. The molecule has 0 spiro atoms. The standard InChI is InChI=1S/C17H16F3N5O2/c1-10(6-14-24-21-9-25(14)2)11-4-3-5-12(7-11)22-15(26)13-8-27-16(23-13)17(18,19)20/h3-5,7-10H,6H2,1-2H3,(H,22,26)/t10-/m1/s1. The summed E-state index contributed by atoms with van der Waals surface area (Å²) in [7, 11) is 1.85. The van der Waals surface area contributed by atoms with Crippen LogP contribution < -0.4 is 5.32 Å². The second-order valence-corrected chi connectivity index (χ2v) is 6.08. The number of halogens is 3. The van der Waals surface area contributed by atoms with Crippen molar-refractivity contribution in [2.45, 2.75) is 25.4 Å². The van der Waals surface area contributed by atoms with Gasteiger partial charge in [0, 0.05) is 19.2 Å². The first kappa shape index (κ1) is 18.6. The molecular formula is C17H16F3N5O2. The number of rotatable bonds is 5. The number of aryl methyl sites for hydroxylation is 1. The van der Waals surface area contributed by atoms with E-state index in [1.165, 1.54) is 0 Å². The van der Waals surface area contributed by atoms with Crippen molar-refractivity contribution in [1.29, 1.82) is 0 Å². The molecule has 0 bridgehead atoms. The van der Waals surface area contributed by atoms with Crippen LogP contribution in [0.4, 0.5) is 18.9 Å². The van der Waals surface area contributed by atoms with Crippen LogP contribution in [-0.2, 0) is 19.6 Å². The molecule has 2 heterocycles. The monoisotopic (exact) mass is 379 g/mol. The van der Waals surface area contributed by atoms with E-state index in [2.05, 4.69) is 24.9 Å². The zero-order chi connectivity index (χ0) is 19.6. The van der Waals surface area contributed by atoms with Crippen LogP contribution in [0.2, 0.25) is 0 Å². The normalized spacial score (nSPS) is 12.8. The molecule has 27 heavy (non-hydrogen) atoms. The Bertz CT molecular complexity index is 948. The maximum Gasteiger partial charge on any atom is 0.468 e. The fourth-order valence-electron chi connectivity index (χ4n) is 2.51. The highest BCUT2D eigenvalue weighted by Gasteiger charge is 2.37. The van der Waals surface area contributed by atoms with E-state index in [-0.39, 0.29) is 5.92 Å². The summed E-state index contributed by atoms with van der Waals surface area (Å²) in [4.78, 5) is 15.3. The van der Waals surface area contributed by atoms with Gasteiger partial charge in [-0.05, 0) is 23.6 Å². The molecule has 1 N–H and O–H groups in total. The Morgan fingerprint density at radius 1 is 1.37 bits per heavy atom. The summed E-state index contributed by atoms with van der Waals surface area (Å²) in [6, 6.07) is 7.04. The van der Waals surface area contributed by atoms with Crippen molar-refractivity contribution >= 4 is 11.6 Å². The van der Waals surface area contributed by atoms with Gasteiger partial charge in [-0.25, -0.2) is 4.98 Å². The molecule has 3 rings (SSSR count). The van der Waals surface area contributed by atoms with E-state index < -0.39 is 23.7 Å². The third-order valence-corrected chi connectivity index (χ3v) is 3.99. The Kier molecular flexibility index (Phi) is 4.98. The summed E-state index contributed by atoms with van der Waals surface area (Å²) in [6.07, 6.45) is -1.80. The van der Waals surface area contributed by atoms with Gasteiger partial charge in [-0.2, -0.15) is 13.2 Å². The van der Waals surface area contributed by atoms with Gasteiger partial charge < -0.3 is 14.3 Å². The number of alkyl halides is 3. The zero-order valence-corrected chi connectivity index (χ0v) is 14.5. The summed E-state index contributed by atoms with van der Waals surface area (Å²) in [5.74, 6) is -1.33. The van der Waals surface area contributed by atoms with Crippen molar-refractivity contribution in [2.75, 3.05) is 5.32 Å². The lowest BCUT2D eigenvalue weighted by molar-refractivity contribution is -0.157. The third-order valence-electron chi connectivity index (χ3n) is 3.99. The van der Waals surface area contributed by atoms with Crippen molar-refractivity contribution in [1.82, 2.24) is 19.7 Å². The SMILES string of the molecule is C[C@H](Cc1nncn1C)c1cccc(NC(=O)c2coc(C(F)(F)F)n2)c1. The van der Waals surface area contributed by atoms with Crippen LogP contribution in [0.25, 0.3) is 0 Å². The Hall–Kier alpha value is -3.17. The summed E-state index contributed by atoms with van der Waals surface area (Å²) < 4.78 is 43.7. The number of anilines is 1. The van der Waals surface area contributed by atoms with Crippen LogP contribution in [0.3, 0.4) is 0 Å². The van der Waals surface area contributed by atoms with Crippen molar-refractivity contribution in [3.63, 3.8) is 0 Å². The van der Waals surface area contributed by atoms with Gasteiger partial charge in [0.25, 0.3) is 5.91 Å². The summed E-state index contributed by atoms with van der Waals surface area (Å²) in [6.45, 7) is 2.00. The van der Waals surface area contributed by atoms with Crippen LogP contribution in [-0.4, -0.2) is 25.7 Å². The number of carbonyl (C=O) groups excluding carboxylic acids is 1. The second kappa shape index (κ2) is 7.22. The van der Waals surface area contributed by atoms with Gasteiger partial charge >= 0.3 is 12.1 Å². The number of nitrogens with zero attached hydrogens (tertiary/aromatic N) is 4. The van der Waals surface area contributed by atoms with Gasteiger partial charge in [0.05, 0.1) is 0 Å². The number of benzene rings is 1. The quantitative estimate of drug-likeness (QED) is 0.734. The van der Waals surface area contributed by atoms with Crippen LogP contribution in [0.15, 0.2) is 41.3 Å². The van der Waals surface area contributed by atoms with Crippen molar-refractivity contribution in [3.05, 3.63) is 59.8 Å². The van der Waals surface area contributed by atoms with E-state index in [0.29, 0.717) is 18.4 Å². The molecule has 1 aromatic carbocycles. The number of oxazole rings is 1. The predicted molar refractivity (Wildman–Crippen MR) is 89.0 cm³/mol. The molecule has 10 heteroatoms. The molecule has 0 aliphatic carbocycles. The molecule has 0 unspecified atom stereocenters. The van der Waals surface area contributed by atoms with Crippen molar-refractivity contribution < 1.29 is 22.4 Å². The van der Waals surface area contributed by atoms with E-state index in [4.69, 9.17) is 0 Å². The average molecular weight is 379 g/mol. The van der Waals surface area contributed by atoms with E-state index >= 15 is 0 Å². The van der Waals surface area contributed by atoms with E-state index in [0.717, 1.165) is 11.4 Å². The summed E-state index contributed by atoms with van der Waals surface area (Å²) >= 11 is 0. The minimum atomic E-state index is -4.74. The number of carbonyl (C=O) groups is 1. The van der Waals surface area contributed by atoms with Gasteiger partial charge in [0.2, 0.25) is 0 Å². The molecular weight excluding hydrogens is 363 g/mol. The number of hydrogen-bond donors (Lipinski definition) is 1. The Morgan fingerprint density at radius 3 is 2.78 bits per heavy atom. The lowest BCUT2D eigenvalue weighted by Gasteiger charge is -2.13. The lowest BCUT2D eigenvalue weighted by Crippen LogP contribution is -2.14. The Labute approximate surface area is 152 Å². The van der Waals surface area contributed by atoms with Gasteiger partial charge in [-0.1, -0.05) is 19.1 Å². The molecule has 0 radical (unpaired) electrons. The van der Waals surface area contributed by atoms with Crippen molar-refractivity contribution in [3.8, 4) is 0 Å². The molecule has 0 saturated carbocycles. The molecule has 3 aromatic rings. The maximum atomic E-state index is 12.5. The molecule has 2 aromatic heterocycles. The number of hydrogen-bond acceptors (Lipinski definition) is 5. The third kappa shape index (κ3) is 4.33. The van der Waals surface area contributed by atoms with Gasteiger partial charge in [-0.15, -0.1) is 10.2 Å². The van der Waals surface area contributed by atoms with Gasteiger partial charge in [0.1, 0.15) is 18.4 Å². The Balaban J connectivity index is 1.71. The van der Waals surface area contributed by atoms with Crippen LogP contribution >= 0.6 is 0 Å². The lowest BCUT2D eigenvalue weighted by atomic mass is 9.97. The molecule has 7 nitrogen and oxygen atoms in total. The molecule has 1 atom stereocenters. The highest BCUT2D eigenvalue weighted by atomic mass is 19.4. The molecule has 0 saturated heterocycles. The predicted octanol–water partition coefficient (Wildman–Crippen LogP) is 3.42. The van der Waals surface area contributed by atoms with Gasteiger partial charge in [-0.3, -0.25) is 4.79 Å². The number of aromatic nitrogens is 4. The minimum Gasteiger partial charge on any atom is -0.441 e. The fraction of sp³-hybridized carbons (Fsp3) is 0.294. The number of nitrogens with one attached hydrogen (secondary N) is 1. The number of amides is 1. The first-order valence-corrected chi connectivity index (χ1v) is 8.01. The second-order valence-electron chi connectivity index (χ2n) is 6.08. The van der Waals surface area contributed by atoms with E-state index in [1.807, 2.05) is 24.6 Å². The van der Waals surface area contributed by atoms with E-state index in [1.54, 1.807) is 24.5 Å². The van der Waals surface area contributed by atoms with Crippen LogP contribution in [0, 0.1) is 0 Å². The molecule has 0 fully saturated rings. The van der Waals surface area contributed by atoms with Crippen LogP contribution in [0.5, 0.6) is 0 Å².